The van der Waals surface area contributed by atoms with Crippen molar-refractivity contribution in [2.45, 2.75) is 145 Å². The van der Waals surface area contributed by atoms with Crippen LogP contribution in [0, 0.1) is 56.7 Å². The lowest BCUT2D eigenvalue weighted by atomic mass is 9.37. The van der Waals surface area contributed by atoms with Crippen LogP contribution < -0.4 is 0 Å². The highest BCUT2D eigenvalue weighted by molar-refractivity contribution is 6.30. The predicted molar refractivity (Wildman–Crippen MR) is 227 cm³/mol. The Labute approximate surface area is 348 Å². The SMILES string of the molecule is CC(C)C1=C2[C@H]3CC[C@H]4[C@@H](CC[C@H]5C(C)(C)[C@@H](OC(=O)CC(C)(C)CC(=O)O)CC[C@]45C)[C@]3(C)CC[C@@]2([C@@H](O)CN(CCN(C)C)Cc2ccc(Cl)cc2)CC1=O. The Morgan fingerprint density at radius 2 is 1.56 bits per heavy atom. The summed E-state index contributed by atoms with van der Waals surface area (Å²) in [7, 11) is 4.17. The van der Waals surface area contributed by atoms with E-state index in [1.165, 1.54) is 5.57 Å². The van der Waals surface area contributed by atoms with Crippen molar-refractivity contribution in [3.05, 3.63) is 46.0 Å². The zero-order valence-corrected chi connectivity index (χ0v) is 37.5. The highest BCUT2D eigenvalue weighted by Gasteiger charge is 2.67. The summed E-state index contributed by atoms with van der Waals surface area (Å²) in [6.45, 7) is 20.6. The van der Waals surface area contributed by atoms with Crippen molar-refractivity contribution in [2.75, 3.05) is 33.7 Å². The number of halogens is 1. The number of likely N-dealkylation sites (N-methyl/N-ethyl adjacent to an activating group) is 1. The fraction of sp³-hybridized carbons (Fsp3) is 0.771. The second-order valence-corrected chi connectivity index (χ2v) is 22.1. The Morgan fingerprint density at radius 1 is 0.912 bits per heavy atom. The van der Waals surface area contributed by atoms with Crippen LogP contribution >= 0.6 is 11.6 Å². The fourth-order valence-corrected chi connectivity index (χ4v) is 13.8. The number of ether oxygens (including phenoxy) is 1. The first-order valence-corrected chi connectivity index (χ1v) is 22.4. The van der Waals surface area contributed by atoms with Gasteiger partial charge in [0.2, 0.25) is 0 Å². The number of esters is 1. The number of carbonyl (C=O) groups excluding carboxylic acids is 2. The fourth-order valence-electron chi connectivity index (χ4n) is 13.7. The molecule has 0 radical (unpaired) electrons. The number of hydrogen-bond acceptors (Lipinski definition) is 7. The van der Waals surface area contributed by atoms with Crippen molar-refractivity contribution in [1.29, 1.82) is 0 Å². The molecular weight excluding hydrogens is 736 g/mol. The summed E-state index contributed by atoms with van der Waals surface area (Å²) >= 11 is 6.24. The van der Waals surface area contributed by atoms with E-state index in [1.54, 1.807) is 0 Å². The van der Waals surface area contributed by atoms with Crippen LogP contribution in [0.25, 0.3) is 0 Å². The van der Waals surface area contributed by atoms with Gasteiger partial charge in [-0.1, -0.05) is 84.7 Å². The first-order chi connectivity index (χ1) is 26.5. The first-order valence-electron chi connectivity index (χ1n) is 22.0. The highest BCUT2D eigenvalue weighted by Crippen LogP contribution is 2.73. The predicted octanol–water partition coefficient (Wildman–Crippen LogP) is 9.46. The molecule has 9 atom stereocenters. The van der Waals surface area contributed by atoms with E-state index in [4.69, 9.17) is 16.3 Å². The lowest BCUT2D eigenvalue weighted by molar-refractivity contribution is -0.205. The number of carbonyl (C=O) groups is 3. The van der Waals surface area contributed by atoms with Gasteiger partial charge >= 0.3 is 11.9 Å². The van der Waals surface area contributed by atoms with Gasteiger partial charge in [-0.05, 0) is 135 Å². The monoisotopic (exact) mass is 809 g/mol. The maximum absolute atomic E-state index is 14.3. The molecule has 4 saturated carbocycles. The summed E-state index contributed by atoms with van der Waals surface area (Å²) in [5, 5.41) is 22.7. The number of aliphatic hydroxyl groups excluding tert-OH is 1. The van der Waals surface area contributed by atoms with E-state index in [2.05, 4.69) is 77.6 Å². The molecule has 0 aromatic heterocycles. The van der Waals surface area contributed by atoms with Gasteiger partial charge in [0.25, 0.3) is 0 Å². The molecule has 0 aliphatic heterocycles. The molecule has 0 saturated heterocycles. The molecule has 0 spiro atoms. The maximum atomic E-state index is 14.3. The van der Waals surface area contributed by atoms with Crippen molar-refractivity contribution < 1.29 is 29.3 Å². The third-order valence-corrected chi connectivity index (χ3v) is 16.6. The molecule has 5 aliphatic rings. The number of hydrogen-bond donors (Lipinski definition) is 2. The zero-order valence-electron chi connectivity index (χ0n) is 36.8. The normalized spacial score (nSPS) is 34.2. The van der Waals surface area contributed by atoms with Crippen LogP contribution in [0.15, 0.2) is 35.4 Å². The largest absolute Gasteiger partial charge is 0.481 e. The second kappa shape index (κ2) is 16.3. The van der Waals surface area contributed by atoms with E-state index in [9.17, 15) is 24.6 Å². The lowest BCUT2D eigenvalue weighted by Crippen LogP contribution is -2.62. The molecule has 2 N–H and O–H groups in total. The minimum Gasteiger partial charge on any atom is -0.481 e. The van der Waals surface area contributed by atoms with Crippen LogP contribution in [0.4, 0.5) is 0 Å². The summed E-state index contributed by atoms with van der Waals surface area (Å²) in [5.41, 5.74) is 2.24. The van der Waals surface area contributed by atoms with Gasteiger partial charge in [0, 0.05) is 48.5 Å². The molecule has 9 heteroatoms. The number of allylic oxidation sites excluding steroid dienone is 1. The number of aliphatic hydroxyl groups is 1. The van der Waals surface area contributed by atoms with E-state index in [0.29, 0.717) is 42.3 Å². The molecule has 8 nitrogen and oxygen atoms in total. The third-order valence-electron chi connectivity index (χ3n) is 16.4. The quantitative estimate of drug-likeness (QED) is 0.179. The Kier molecular flexibility index (Phi) is 12.7. The molecule has 0 amide bonds. The zero-order chi connectivity index (χ0) is 41.9. The van der Waals surface area contributed by atoms with Gasteiger partial charge in [0.15, 0.2) is 5.78 Å². The number of carboxylic acids is 1. The Balaban J connectivity index is 1.24. The summed E-state index contributed by atoms with van der Waals surface area (Å²) in [5.74, 6) is 0.925. The van der Waals surface area contributed by atoms with Crippen LogP contribution in [0.1, 0.15) is 132 Å². The van der Waals surface area contributed by atoms with Gasteiger partial charge in [-0.25, -0.2) is 0 Å². The van der Waals surface area contributed by atoms with Gasteiger partial charge < -0.3 is 19.8 Å². The van der Waals surface area contributed by atoms with Crippen LogP contribution in [-0.4, -0.2) is 83.7 Å². The number of nitrogens with zero attached hydrogens (tertiary/aromatic N) is 2. The summed E-state index contributed by atoms with van der Waals surface area (Å²) in [4.78, 5) is 43.5. The molecule has 4 fully saturated rings. The van der Waals surface area contributed by atoms with E-state index < -0.39 is 22.9 Å². The molecule has 0 heterocycles. The molecule has 6 rings (SSSR count). The van der Waals surface area contributed by atoms with Crippen molar-refractivity contribution in [3.8, 4) is 0 Å². The number of rotatable bonds is 14. The third kappa shape index (κ3) is 8.42. The number of ketones is 1. The summed E-state index contributed by atoms with van der Waals surface area (Å²) in [6.07, 6.45) is 7.67. The Morgan fingerprint density at radius 3 is 2.19 bits per heavy atom. The van der Waals surface area contributed by atoms with Crippen LogP contribution in [0.3, 0.4) is 0 Å². The summed E-state index contributed by atoms with van der Waals surface area (Å²) < 4.78 is 6.27. The smallest absolute Gasteiger partial charge is 0.306 e. The average molecular weight is 810 g/mol. The van der Waals surface area contributed by atoms with Gasteiger partial charge in [-0.15, -0.1) is 0 Å². The Hall–Kier alpha value is -2.26. The van der Waals surface area contributed by atoms with E-state index in [1.807, 2.05) is 26.0 Å². The molecule has 1 aromatic rings. The molecule has 0 bridgehead atoms. The number of Topliss-reactive ketones (excluding diaryl/α,β-unsaturated/α-hetero) is 1. The minimum atomic E-state index is -0.898. The van der Waals surface area contributed by atoms with Crippen molar-refractivity contribution in [3.63, 3.8) is 0 Å². The lowest BCUT2D eigenvalue weighted by Gasteiger charge is -2.68. The van der Waals surface area contributed by atoms with Crippen molar-refractivity contribution in [1.82, 2.24) is 9.80 Å². The summed E-state index contributed by atoms with van der Waals surface area (Å²) in [6, 6.07) is 8.01. The number of benzene rings is 1. The molecule has 318 valence electrons. The minimum absolute atomic E-state index is 0.0390. The van der Waals surface area contributed by atoms with Crippen LogP contribution in [0.5, 0.6) is 0 Å². The van der Waals surface area contributed by atoms with Gasteiger partial charge in [-0.3, -0.25) is 19.3 Å². The van der Waals surface area contributed by atoms with E-state index >= 15 is 0 Å². The molecule has 1 aromatic carbocycles. The molecule has 57 heavy (non-hydrogen) atoms. The standard InChI is InChI=1S/C48H73ClN2O6/c1-30(2)42-36(52)25-48(38(53)29-51(24-23-50(9)10)28-31-11-13-32(49)14-12-31)22-21-46(7)33-17-18-37-45(5,6)39(57-41(56)27-44(3,4)26-40(54)55)19-20-47(37,8)34(33)15-16-35(46)43(42)48/h11-14,30,33-35,37-39,53H,15-29H2,1-10H3,(H,54,55)/t33-,34+,35-,37+,38+,39+,46+,47-,48+/m1/s1. The van der Waals surface area contributed by atoms with E-state index in [-0.39, 0.29) is 58.8 Å². The molecule has 0 unspecified atom stereocenters. The van der Waals surface area contributed by atoms with E-state index in [0.717, 1.165) is 75.6 Å². The van der Waals surface area contributed by atoms with Crippen molar-refractivity contribution in [2.24, 2.45) is 56.7 Å². The number of carboxylic acid groups (broad SMARTS) is 1. The number of aliphatic carboxylic acids is 1. The van der Waals surface area contributed by atoms with Gasteiger partial charge in [0.1, 0.15) is 6.10 Å². The highest BCUT2D eigenvalue weighted by atomic mass is 35.5. The number of fused-ring (bicyclic) bond motifs is 7. The van der Waals surface area contributed by atoms with Crippen LogP contribution in [-0.2, 0) is 25.7 Å². The van der Waals surface area contributed by atoms with Crippen molar-refractivity contribution >= 4 is 29.3 Å². The van der Waals surface area contributed by atoms with Crippen LogP contribution in [0.2, 0.25) is 5.02 Å². The second-order valence-electron chi connectivity index (χ2n) is 21.7. The molecule has 5 aliphatic carbocycles. The topological polar surface area (TPSA) is 107 Å². The molecular formula is C48H73ClN2O6. The van der Waals surface area contributed by atoms with Gasteiger partial charge in [-0.2, -0.15) is 0 Å². The average Bonchev–Trinajstić information content (AvgIpc) is 3.41. The Bertz CT molecular complexity index is 1700. The maximum Gasteiger partial charge on any atom is 0.306 e. The first kappa shape index (κ1) is 44.3. The van der Waals surface area contributed by atoms with Gasteiger partial charge in [0.05, 0.1) is 18.9 Å².